The van der Waals surface area contributed by atoms with E-state index in [1.54, 1.807) is 18.2 Å². The summed E-state index contributed by atoms with van der Waals surface area (Å²) in [5.74, 6) is -3.96. The number of carbonyl (C=O) groups is 2. The van der Waals surface area contributed by atoms with Crippen LogP contribution in [0.2, 0.25) is 0 Å². The maximum absolute atomic E-state index is 13.7. The van der Waals surface area contributed by atoms with E-state index in [1.807, 2.05) is 0 Å². The smallest absolute Gasteiger partial charge is 0.262 e. The third kappa shape index (κ3) is 2.98. The van der Waals surface area contributed by atoms with Gasteiger partial charge in [0.15, 0.2) is 0 Å². The second kappa shape index (κ2) is 5.68. The number of fused-ring (bicyclic) bond motifs is 1. The largest absolute Gasteiger partial charge is 0.507 e. The second-order valence-electron chi connectivity index (χ2n) is 5.16. The summed E-state index contributed by atoms with van der Waals surface area (Å²) in [6, 6.07) is 6.06. The quantitative estimate of drug-likeness (QED) is 0.797. The topological polar surface area (TPSA) is 78.4 Å². The number of phenolic OH excluding ortho intramolecular Hbond substituents is 1. The van der Waals surface area contributed by atoms with Gasteiger partial charge in [-0.25, -0.2) is 8.78 Å². The van der Waals surface area contributed by atoms with Crippen molar-refractivity contribution < 1.29 is 23.5 Å². The van der Waals surface area contributed by atoms with Crippen LogP contribution in [-0.2, 0) is 11.2 Å². The van der Waals surface area contributed by atoms with Gasteiger partial charge in [0.2, 0.25) is 5.91 Å². The van der Waals surface area contributed by atoms with Crippen LogP contribution in [0.1, 0.15) is 22.3 Å². The highest BCUT2D eigenvalue weighted by Gasteiger charge is 2.20. The van der Waals surface area contributed by atoms with E-state index in [9.17, 15) is 23.5 Å². The molecule has 2 aromatic carbocycles. The molecule has 2 aromatic rings. The Balaban J connectivity index is 1.87. The number of aromatic hydroxyl groups is 1. The lowest BCUT2D eigenvalue weighted by atomic mass is 10.0. The van der Waals surface area contributed by atoms with E-state index in [1.165, 1.54) is 0 Å². The number of phenols is 1. The SMILES string of the molecule is O=C1CCc2ccc(NC(=O)c3c(O)cc(F)cc3F)cc2N1. The van der Waals surface area contributed by atoms with Crippen molar-refractivity contribution in [2.75, 3.05) is 10.6 Å². The number of carbonyl (C=O) groups excluding carboxylic acids is 2. The van der Waals surface area contributed by atoms with E-state index >= 15 is 0 Å². The molecule has 118 valence electrons. The van der Waals surface area contributed by atoms with Crippen molar-refractivity contribution in [3.63, 3.8) is 0 Å². The zero-order valence-electron chi connectivity index (χ0n) is 11.8. The zero-order chi connectivity index (χ0) is 16.6. The number of amides is 2. The normalized spacial score (nSPS) is 13.2. The summed E-state index contributed by atoms with van der Waals surface area (Å²) < 4.78 is 26.6. The van der Waals surface area contributed by atoms with Crippen molar-refractivity contribution >= 4 is 23.2 Å². The van der Waals surface area contributed by atoms with E-state index < -0.39 is 28.9 Å². The summed E-state index contributed by atoms with van der Waals surface area (Å²) in [6.07, 6.45) is 0.996. The second-order valence-corrected chi connectivity index (χ2v) is 5.16. The third-order valence-corrected chi connectivity index (χ3v) is 3.52. The molecule has 2 amide bonds. The molecule has 7 heteroatoms. The molecule has 0 fully saturated rings. The molecule has 0 aliphatic carbocycles. The van der Waals surface area contributed by atoms with Gasteiger partial charge in [-0.1, -0.05) is 6.07 Å². The molecule has 0 spiro atoms. The molecule has 5 nitrogen and oxygen atoms in total. The minimum atomic E-state index is -1.16. The Kier molecular flexibility index (Phi) is 3.69. The monoisotopic (exact) mass is 318 g/mol. The zero-order valence-corrected chi connectivity index (χ0v) is 11.8. The number of aryl methyl sites for hydroxylation is 1. The van der Waals surface area contributed by atoms with Crippen molar-refractivity contribution in [1.82, 2.24) is 0 Å². The lowest BCUT2D eigenvalue weighted by Gasteiger charge is -2.18. The maximum atomic E-state index is 13.7. The molecule has 1 aliphatic heterocycles. The average Bonchev–Trinajstić information content (AvgIpc) is 2.45. The molecule has 0 aromatic heterocycles. The first-order chi connectivity index (χ1) is 10.9. The number of nitrogens with one attached hydrogen (secondary N) is 2. The van der Waals surface area contributed by atoms with Gasteiger partial charge in [-0.3, -0.25) is 9.59 Å². The Hall–Kier alpha value is -2.96. The molecule has 0 saturated heterocycles. The van der Waals surface area contributed by atoms with Gasteiger partial charge in [0.1, 0.15) is 22.9 Å². The van der Waals surface area contributed by atoms with Crippen LogP contribution >= 0.6 is 0 Å². The van der Waals surface area contributed by atoms with Crippen LogP contribution in [0.4, 0.5) is 20.2 Å². The summed E-state index contributed by atoms with van der Waals surface area (Å²) >= 11 is 0. The van der Waals surface area contributed by atoms with Crippen LogP contribution in [-0.4, -0.2) is 16.9 Å². The van der Waals surface area contributed by atoms with Crippen molar-refractivity contribution in [2.45, 2.75) is 12.8 Å². The first kappa shape index (κ1) is 15.0. The lowest BCUT2D eigenvalue weighted by molar-refractivity contribution is -0.116. The number of anilines is 2. The highest BCUT2D eigenvalue weighted by molar-refractivity contribution is 6.06. The molecule has 1 aliphatic rings. The maximum Gasteiger partial charge on any atom is 0.262 e. The molecule has 1 heterocycles. The van der Waals surface area contributed by atoms with Gasteiger partial charge in [-0.15, -0.1) is 0 Å². The summed E-state index contributed by atoms with van der Waals surface area (Å²) in [6.45, 7) is 0. The van der Waals surface area contributed by atoms with E-state index in [2.05, 4.69) is 10.6 Å². The first-order valence-electron chi connectivity index (χ1n) is 6.86. The molecule has 0 unspecified atom stereocenters. The lowest BCUT2D eigenvalue weighted by Crippen LogP contribution is -2.20. The molecule has 23 heavy (non-hydrogen) atoms. The fourth-order valence-corrected chi connectivity index (χ4v) is 2.43. The summed E-state index contributed by atoms with van der Waals surface area (Å²) in [5.41, 5.74) is 1.17. The predicted molar refractivity (Wildman–Crippen MR) is 79.4 cm³/mol. The van der Waals surface area contributed by atoms with Gasteiger partial charge in [-0.2, -0.15) is 0 Å². The summed E-state index contributed by atoms with van der Waals surface area (Å²) in [7, 11) is 0. The minimum Gasteiger partial charge on any atom is -0.507 e. The number of hydrogen-bond acceptors (Lipinski definition) is 3. The van der Waals surface area contributed by atoms with Gasteiger partial charge in [0, 0.05) is 29.9 Å². The third-order valence-electron chi connectivity index (χ3n) is 3.52. The van der Waals surface area contributed by atoms with Crippen LogP contribution in [0.25, 0.3) is 0 Å². The van der Waals surface area contributed by atoms with E-state index in [0.29, 0.717) is 36.3 Å². The molecule has 0 radical (unpaired) electrons. The standard InChI is InChI=1S/C16H12F2N2O3/c17-9-5-11(18)15(13(21)6-9)16(23)19-10-3-1-8-2-4-14(22)20-12(8)7-10/h1,3,5-7,21H,2,4H2,(H,19,23)(H,20,22). The molecule has 3 rings (SSSR count). The number of benzene rings is 2. The predicted octanol–water partition coefficient (Wildman–Crippen LogP) is 2.81. The minimum absolute atomic E-state index is 0.122. The summed E-state index contributed by atoms with van der Waals surface area (Å²) in [4.78, 5) is 23.5. The van der Waals surface area contributed by atoms with Crippen LogP contribution in [0.5, 0.6) is 5.75 Å². The Morgan fingerprint density at radius 3 is 2.70 bits per heavy atom. The Bertz CT molecular complexity index is 798. The first-order valence-corrected chi connectivity index (χ1v) is 6.86. The van der Waals surface area contributed by atoms with Gasteiger partial charge in [0.25, 0.3) is 5.91 Å². The highest BCUT2D eigenvalue weighted by Crippen LogP contribution is 2.27. The van der Waals surface area contributed by atoms with Crippen molar-refractivity contribution in [2.24, 2.45) is 0 Å². The van der Waals surface area contributed by atoms with Crippen LogP contribution in [0, 0.1) is 11.6 Å². The number of halogens is 2. The van der Waals surface area contributed by atoms with Gasteiger partial charge in [-0.05, 0) is 24.1 Å². The fraction of sp³-hybridized carbons (Fsp3) is 0.125. The number of hydrogen-bond donors (Lipinski definition) is 3. The highest BCUT2D eigenvalue weighted by atomic mass is 19.1. The van der Waals surface area contributed by atoms with E-state index in [4.69, 9.17) is 0 Å². The Labute approximate surface area is 129 Å². The Morgan fingerprint density at radius 2 is 1.96 bits per heavy atom. The summed E-state index contributed by atoms with van der Waals surface area (Å²) in [5, 5.41) is 14.6. The molecule has 3 N–H and O–H groups in total. The van der Waals surface area contributed by atoms with Crippen molar-refractivity contribution in [3.8, 4) is 5.75 Å². The van der Waals surface area contributed by atoms with Gasteiger partial charge in [0.05, 0.1) is 0 Å². The molecular formula is C16H12F2N2O3. The van der Waals surface area contributed by atoms with Crippen molar-refractivity contribution in [3.05, 3.63) is 53.1 Å². The Morgan fingerprint density at radius 1 is 1.17 bits per heavy atom. The molecule has 0 bridgehead atoms. The van der Waals surface area contributed by atoms with Gasteiger partial charge >= 0.3 is 0 Å². The number of rotatable bonds is 2. The molecule has 0 saturated carbocycles. The van der Waals surface area contributed by atoms with E-state index in [-0.39, 0.29) is 5.91 Å². The van der Waals surface area contributed by atoms with Crippen LogP contribution in [0.15, 0.2) is 30.3 Å². The van der Waals surface area contributed by atoms with Crippen molar-refractivity contribution in [1.29, 1.82) is 0 Å². The molecular weight excluding hydrogens is 306 g/mol. The van der Waals surface area contributed by atoms with Crippen LogP contribution in [0.3, 0.4) is 0 Å². The van der Waals surface area contributed by atoms with Gasteiger partial charge < -0.3 is 15.7 Å². The van der Waals surface area contributed by atoms with E-state index in [0.717, 1.165) is 5.56 Å². The average molecular weight is 318 g/mol. The molecule has 0 atom stereocenters. The fourth-order valence-electron chi connectivity index (χ4n) is 2.43. The van der Waals surface area contributed by atoms with Crippen LogP contribution < -0.4 is 10.6 Å².